The Labute approximate surface area is 137 Å². The van der Waals surface area contributed by atoms with Crippen LogP contribution in [0, 0.1) is 0 Å². The lowest BCUT2D eigenvalue weighted by molar-refractivity contribution is 0.0409. The van der Waals surface area contributed by atoms with Gasteiger partial charge in [0.1, 0.15) is 10.5 Å². The molecule has 0 saturated carbocycles. The Morgan fingerprint density at radius 2 is 2.18 bits per heavy atom. The summed E-state index contributed by atoms with van der Waals surface area (Å²) in [7, 11) is 0. The molecule has 0 bridgehead atoms. The highest BCUT2D eigenvalue weighted by atomic mass is 32.2. The van der Waals surface area contributed by atoms with Gasteiger partial charge in [-0.1, -0.05) is 36.4 Å². The van der Waals surface area contributed by atoms with Gasteiger partial charge in [0.15, 0.2) is 0 Å². The number of hydrogen-bond acceptors (Lipinski definition) is 3. The van der Waals surface area contributed by atoms with E-state index in [1.54, 1.807) is 0 Å². The third-order valence-electron chi connectivity index (χ3n) is 4.90. The fraction of sp³-hybridized carbons (Fsp3) is 0.474. The number of thioether (sulfide) groups is 1. The number of benzene rings is 1. The Bertz CT molecular complexity index is 572. The van der Waals surface area contributed by atoms with Gasteiger partial charge in [-0.05, 0) is 42.9 Å². The smallest absolute Gasteiger partial charge is 0.135 e. The molecule has 0 amide bonds. The Morgan fingerprint density at radius 1 is 1.41 bits per heavy atom. The largest absolute Gasteiger partial charge is 0.380 e. The van der Waals surface area contributed by atoms with E-state index in [9.17, 15) is 5.11 Å². The van der Waals surface area contributed by atoms with Gasteiger partial charge < -0.3 is 9.84 Å². The van der Waals surface area contributed by atoms with E-state index in [1.165, 1.54) is 5.57 Å². The van der Waals surface area contributed by atoms with E-state index in [2.05, 4.69) is 13.5 Å². The molecule has 3 heteroatoms. The van der Waals surface area contributed by atoms with Crippen molar-refractivity contribution in [2.24, 2.45) is 0 Å². The van der Waals surface area contributed by atoms with Crippen LogP contribution >= 0.6 is 11.8 Å². The van der Waals surface area contributed by atoms with Crippen LogP contribution in [0.25, 0.3) is 0 Å². The minimum atomic E-state index is -0.965. The topological polar surface area (TPSA) is 29.5 Å². The van der Waals surface area contributed by atoms with Crippen LogP contribution in [0.1, 0.15) is 38.2 Å². The van der Waals surface area contributed by atoms with E-state index >= 15 is 0 Å². The summed E-state index contributed by atoms with van der Waals surface area (Å²) < 4.78 is 6.10. The van der Waals surface area contributed by atoms with Crippen molar-refractivity contribution < 1.29 is 9.84 Å². The van der Waals surface area contributed by atoms with Crippen molar-refractivity contribution in [3.8, 4) is 0 Å². The molecule has 0 radical (unpaired) electrons. The Balaban J connectivity index is 2.09. The minimum absolute atomic E-state index is 0.211. The van der Waals surface area contributed by atoms with Crippen LogP contribution in [-0.2, 0) is 10.3 Å². The average Bonchev–Trinajstić information content (AvgIpc) is 3.01. The summed E-state index contributed by atoms with van der Waals surface area (Å²) in [6, 6.07) is 9.97. The highest BCUT2D eigenvalue weighted by Crippen LogP contribution is 2.51. The Kier molecular flexibility index (Phi) is 4.49. The van der Waals surface area contributed by atoms with Gasteiger partial charge in [0.05, 0.1) is 6.61 Å². The number of rotatable bonds is 4. The third-order valence-corrected chi connectivity index (χ3v) is 6.37. The molecular formula is C19H24O2S. The van der Waals surface area contributed by atoms with Crippen molar-refractivity contribution in [3.63, 3.8) is 0 Å². The molecule has 1 N–H and O–H groups in total. The standard InChI is InChI=1S/C19H24O2S/c1-3-11-18(20,16-8-5-4-6-9-16)17-10-7-12-19(15(17)2)21-13-14-22-19/h3-6,8-9,20H,1,7,10-14H2,2H3/t18-,19-/m0/s1. The second kappa shape index (κ2) is 6.23. The van der Waals surface area contributed by atoms with Crippen LogP contribution in [0.5, 0.6) is 0 Å². The molecule has 1 aliphatic heterocycles. The highest BCUT2D eigenvalue weighted by molar-refractivity contribution is 8.00. The first kappa shape index (κ1) is 15.9. The molecule has 1 fully saturated rings. The normalized spacial score (nSPS) is 27.9. The highest BCUT2D eigenvalue weighted by Gasteiger charge is 2.45. The summed E-state index contributed by atoms with van der Waals surface area (Å²) in [5.41, 5.74) is 2.32. The molecule has 0 aromatic heterocycles. The van der Waals surface area contributed by atoms with E-state index in [1.807, 2.05) is 48.2 Å². The van der Waals surface area contributed by atoms with Crippen molar-refractivity contribution in [2.45, 2.75) is 43.1 Å². The molecule has 0 unspecified atom stereocenters. The molecular weight excluding hydrogens is 292 g/mol. The number of aliphatic hydroxyl groups is 1. The monoisotopic (exact) mass is 316 g/mol. The molecule has 1 saturated heterocycles. The van der Waals surface area contributed by atoms with Gasteiger partial charge in [0.25, 0.3) is 0 Å². The van der Waals surface area contributed by atoms with Crippen molar-refractivity contribution in [1.29, 1.82) is 0 Å². The zero-order chi connectivity index (χ0) is 15.6. The van der Waals surface area contributed by atoms with Crippen molar-refractivity contribution >= 4 is 11.8 Å². The third kappa shape index (κ3) is 2.55. The zero-order valence-electron chi connectivity index (χ0n) is 13.2. The molecule has 22 heavy (non-hydrogen) atoms. The first-order valence-corrected chi connectivity index (χ1v) is 8.98. The minimum Gasteiger partial charge on any atom is -0.380 e. The first-order valence-electron chi connectivity index (χ1n) is 8.00. The molecule has 2 aliphatic rings. The number of hydrogen-bond donors (Lipinski definition) is 1. The predicted octanol–water partition coefficient (Wildman–Crippen LogP) is 4.41. The molecule has 1 heterocycles. The molecule has 2 nitrogen and oxygen atoms in total. The van der Waals surface area contributed by atoms with Crippen LogP contribution in [0.3, 0.4) is 0 Å². The SMILES string of the molecule is C=CC[C@@](O)(C1=C(C)[C@@]2(CCC1)OCCS2)c1ccccc1. The lowest BCUT2D eigenvalue weighted by Crippen LogP contribution is -2.37. The maximum atomic E-state index is 11.5. The quantitative estimate of drug-likeness (QED) is 0.834. The van der Waals surface area contributed by atoms with Crippen LogP contribution in [0.4, 0.5) is 0 Å². The summed E-state index contributed by atoms with van der Waals surface area (Å²) in [6.07, 6.45) is 5.39. The average molecular weight is 316 g/mol. The Hall–Kier alpha value is -1.03. The van der Waals surface area contributed by atoms with Crippen molar-refractivity contribution in [3.05, 3.63) is 59.7 Å². The van der Waals surface area contributed by atoms with E-state index in [0.717, 1.165) is 42.8 Å². The van der Waals surface area contributed by atoms with Crippen molar-refractivity contribution in [1.82, 2.24) is 0 Å². The maximum Gasteiger partial charge on any atom is 0.135 e. The van der Waals surface area contributed by atoms with Gasteiger partial charge in [-0.2, -0.15) is 0 Å². The van der Waals surface area contributed by atoms with Crippen LogP contribution in [0.15, 0.2) is 54.1 Å². The molecule has 3 rings (SSSR count). The molecule has 2 atom stereocenters. The van der Waals surface area contributed by atoms with Crippen LogP contribution < -0.4 is 0 Å². The van der Waals surface area contributed by atoms with Gasteiger partial charge >= 0.3 is 0 Å². The van der Waals surface area contributed by atoms with E-state index < -0.39 is 5.60 Å². The van der Waals surface area contributed by atoms with Gasteiger partial charge in [-0.3, -0.25) is 0 Å². The van der Waals surface area contributed by atoms with Gasteiger partial charge in [-0.15, -0.1) is 18.3 Å². The Morgan fingerprint density at radius 3 is 2.82 bits per heavy atom. The van der Waals surface area contributed by atoms with Gasteiger partial charge in [0.2, 0.25) is 0 Å². The second-order valence-corrected chi connectivity index (χ2v) is 7.48. The lowest BCUT2D eigenvalue weighted by Gasteiger charge is -2.41. The summed E-state index contributed by atoms with van der Waals surface area (Å²) in [6.45, 7) is 6.81. The van der Waals surface area contributed by atoms with Crippen LogP contribution in [-0.4, -0.2) is 22.4 Å². The summed E-state index contributed by atoms with van der Waals surface area (Å²) >= 11 is 1.89. The molecule has 1 spiro atoms. The first-order chi connectivity index (χ1) is 10.6. The summed E-state index contributed by atoms with van der Waals surface area (Å²) in [5, 5.41) is 11.5. The van der Waals surface area contributed by atoms with Gasteiger partial charge in [-0.25, -0.2) is 0 Å². The predicted molar refractivity (Wildman–Crippen MR) is 92.8 cm³/mol. The summed E-state index contributed by atoms with van der Waals surface area (Å²) in [4.78, 5) is -0.211. The van der Waals surface area contributed by atoms with E-state index in [-0.39, 0.29) is 4.93 Å². The van der Waals surface area contributed by atoms with E-state index in [0.29, 0.717) is 6.42 Å². The van der Waals surface area contributed by atoms with Crippen molar-refractivity contribution in [2.75, 3.05) is 12.4 Å². The lowest BCUT2D eigenvalue weighted by atomic mass is 9.75. The molecule has 1 aromatic carbocycles. The molecule has 1 aromatic rings. The molecule has 1 aliphatic carbocycles. The van der Waals surface area contributed by atoms with E-state index in [4.69, 9.17) is 4.74 Å². The fourth-order valence-electron chi connectivity index (χ4n) is 3.77. The fourth-order valence-corrected chi connectivity index (χ4v) is 5.06. The molecule has 118 valence electrons. The summed E-state index contributed by atoms with van der Waals surface area (Å²) in [5.74, 6) is 1.04. The second-order valence-electron chi connectivity index (χ2n) is 6.13. The maximum absolute atomic E-state index is 11.5. The van der Waals surface area contributed by atoms with Gasteiger partial charge in [0, 0.05) is 12.2 Å². The zero-order valence-corrected chi connectivity index (χ0v) is 14.0. The van der Waals surface area contributed by atoms with Crippen LogP contribution in [0.2, 0.25) is 0 Å². The number of ether oxygens (including phenoxy) is 1.